The van der Waals surface area contributed by atoms with Gasteiger partial charge in [-0.3, -0.25) is 4.79 Å². The van der Waals surface area contributed by atoms with Gasteiger partial charge >= 0.3 is 0 Å². The lowest BCUT2D eigenvalue weighted by atomic mass is 10.1. The second-order valence-corrected chi connectivity index (χ2v) is 8.43. The van der Waals surface area contributed by atoms with Crippen molar-refractivity contribution in [3.63, 3.8) is 0 Å². The van der Waals surface area contributed by atoms with Gasteiger partial charge in [-0.05, 0) is 60.7 Å². The Morgan fingerprint density at radius 1 is 0.900 bits per heavy atom. The molecule has 0 spiro atoms. The Morgan fingerprint density at radius 2 is 1.63 bits per heavy atom. The van der Waals surface area contributed by atoms with Crippen molar-refractivity contribution in [3.05, 3.63) is 53.1 Å². The van der Waals surface area contributed by atoms with Gasteiger partial charge in [-0.25, -0.2) is 0 Å². The first-order valence-electron chi connectivity index (χ1n) is 10.9. The van der Waals surface area contributed by atoms with Crippen molar-refractivity contribution >= 4 is 11.6 Å². The van der Waals surface area contributed by atoms with Crippen LogP contribution in [-0.4, -0.2) is 52.9 Å². The molecule has 0 saturated carbocycles. The molecular weight excluding hydrogens is 378 g/mol. The molecule has 6 nitrogen and oxygen atoms in total. The molecule has 1 amide bonds. The van der Waals surface area contributed by atoms with E-state index in [2.05, 4.69) is 29.6 Å². The van der Waals surface area contributed by atoms with Crippen LogP contribution in [0.25, 0.3) is 0 Å². The molecule has 2 aliphatic rings. The normalized spacial score (nSPS) is 20.5. The number of rotatable bonds is 7. The average molecular weight is 412 g/mol. The quantitative estimate of drug-likeness (QED) is 0.607. The van der Waals surface area contributed by atoms with Gasteiger partial charge in [0.1, 0.15) is 32.7 Å². The van der Waals surface area contributed by atoms with Crippen molar-refractivity contribution in [3.8, 4) is 11.5 Å². The third-order valence-electron chi connectivity index (χ3n) is 6.36. The van der Waals surface area contributed by atoms with E-state index in [0.717, 1.165) is 56.3 Å². The Hall–Kier alpha value is -2.57. The molecule has 0 radical (unpaired) electrons. The fourth-order valence-electron chi connectivity index (χ4n) is 4.67. The summed E-state index contributed by atoms with van der Waals surface area (Å²) in [5, 5.41) is 3.10. The topological polar surface area (TPSA) is 56.4 Å². The van der Waals surface area contributed by atoms with Crippen molar-refractivity contribution in [2.75, 3.05) is 52.3 Å². The Morgan fingerprint density at radius 3 is 2.40 bits per heavy atom. The number of aryl methyl sites for hydroxylation is 2. The first kappa shape index (κ1) is 20.7. The molecule has 0 atom stereocenters. The summed E-state index contributed by atoms with van der Waals surface area (Å²) in [6, 6.07) is 12.5. The molecule has 1 aliphatic heterocycles. The lowest BCUT2D eigenvalue weighted by Crippen LogP contribution is -3.28. The minimum Gasteiger partial charge on any atom is -0.493 e. The lowest BCUT2D eigenvalue weighted by molar-refractivity contribution is -1.02. The molecule has 160 valence electrons. The van der Waals surface area contributed by atoms with Crippen LogP contribution in [0.2, 0.25) is 0 Å². The summed E-state index contributed by atoms with van der Waals surface area (Å²) >= 11 is 0. The molecular formula is C24H33N3O3+2. The second kappa shape index (κ2) is 9.49. The monoisotopic (exact) mass is 411 g/mol. The van der Waals surface area contributed by atoms with Crippen molar-refractivity contribution in [2.45, 2.75) is 25.8 Å². The Kier molecular flexibility index (Phi) is 6.55. The van der Waals surface area contributed by atoms with Crippen molar-refractivity contribution in [1.82, 2.24) is 0 Å². The molecule has 1 fully saturated rings. The largest absolute Gasteiger partial charge is 0.493 e. The summed E-state index contributed by atoms with van der Waals surface area (Å²) < 4.78 is 10.7. The molecule has 0 bridgehead atoms. The number of amides is 1. The number of hydrogen-bond donors (Lipinski definition) is 3. The minimum absolute atomic E-state index is 0.117. The summed E-state index contributed by atoms with van der Waals surface area (Å²) in [5.41, 5.74) is 5.03. The van der Waals surface area contributed by atoms with Crippen molar-refractivity contribution in [1.29, 1.82) is 0 Å². The molecule has 2 aromatic carbocycles. The van der Waals surface area contributed by atoms with Gasteiger partial charge in [0, 0.05) is 11.3 Å². The number of ether oxygens (including phenoxy) is 2. The molecule has 1 saturated heterocycles. The van der Waals surface area contributed by atoms with Gasteiger partial charge < -0.3 is 24.6 Å². The maximum absolute atomic E-state index is 12.5. The highest BCUT2D eigenvalue weighted by Crippen LogP contribution is 2.27. The molecule has 3 N–H and O–H groups in total. The maximum atomic E-state index is 12.5. The summed E-state index contributed by atoms with van der Waals surface area (Å²) in [6.45, 7) is 5.67. The van der Waals surface area contributed by atoms with Crippen molar-refractivity contribution < 1.29 is 24.1 Å². The van der Waals surface area contributed by atoms with Crippen LogP contribution in [0.3, 0.4) is 0 Å². The molecule has 4 rings (SSSR count). The van der Waals surface area contributed by atoms with Gasteiger partial charge in [0.25, 0.3) is 5.91 Å². The minimum atomic E-state index is 0.117. The highest BCUT2D eigenvalue weighted by atomic mass is 16.5. The Labute approximate surface area is 178 Å². The van der Waals surface area contributed by atoms with Crippen molar-refractivity contribution in [2.24, 2.45) is 0 Å². The predicted octanol–water partition coefficient (Wildman–Crippen LogP) is 0.115. The van der Waals surface area contributed by atoms with Crippen LogP contribution in [0.5, 0.6) is 11.5 Å². The van der Waals surface area contributed by atoms with E-state index in [1.54, 1.807) is 19.1 Å². The fraction of sp³-hybridized carbons (Fsp3) is 0.458. The van der Waals surface area contributed by atoms with E-state index >= 15 is 0 Å². The number of nitrogens with one attached hydrogen (secondary N) is 3. The summed E-state index contributed by atoms with van der Waals surface area (Å²) in [4.78, 5) is 15.4. The van der Waals surface area contributed by atoms with E-state index < -0.39 is 0 Å². The Balaban J connectivity index is 1.24. The van der Waals surface area contributed by atoms with Crippen LogP contribution in [0.4, 0.5) is 5.69 Å². The van der Waals surface area contributed by atoms with Gasteiger partial charge in [-0.1, -0.05) is 6.07 Å². The highest BCUT2D eigenvalue weighted by Gasteiger charge is 2.25. The number of carbonyl (C=O) groups excluding carboxylic acids is 1. The van der Waals surface area contributed by atoms with E-state index in [0.29, 0.717) is 6.54 Å². The third kappa shape index (κ3) is 4.94. The summed E-state index contributed by atoms with van der Waals surface area (Å²) in [5.74, 6) is 1.66. The zero-order valence-electron chi connectivity index (χ0n) is 18.1. The smallest absolute Gasteiger partial charge is 0.279 e. The molecule has 0 aromatic heterocycles. The zero-order chi connectivity index (χ0) is 20.9. The number of hydrogen-bond acceptors (Lipinski definition) is 3. The van der Waals surface area contributed by atoms with Gasteiger partial charge in [-0.2, -0.15) is 0 Å². The average Bonchev–Trinajstić information content (AvgIpc) is 3.23. The number of quaternary nitrogens is 2. The molecule has 6 heteroatoms. The van der Waals surface area contributed by atoms with E-state index in [1.165, 1.54) is 34.4 Å². The van der Waals surface area contributed by atoms with Gasteiger partial charge in [0.2, 0.25) is 0 Å². The maximum Gasteiger partial charge on any atom is 0.279 e. The van der Waals surface area contributed by atoms with E-state index in [9.17, 15) is 4.79 Å². The van der Waals surface area contributed by atoms with Gasteiger partial charge in [0.15, 0.2) is 18.0 Å². The van der Waals surface area contributed by atoms with Crippen LogP contribution in [-0.2, 0) is 24.2 Å². The molecule has 2 aromatic rings. The van der Waals surface area contributed by atoms with Gasteiger partial charge in [0.05, 0.1) is 14.2 Å². The van der Waals surface area contributed by atoms with Crippen LogP contribution in [0, 0.1) is 0 Å². The van der Waals surface area contributed by atoms with Crippen LogP contribution in [0.1, 0.15) is 23.1 Å². The first-order chi connectivity index (χ1) is 14.6. The van der Waals surface area contributed by atoms with E-state index in [1.807, 2.05) is 12.1 Å². The first-order valence-corrected chi connectivity index (χ1v) is 10.9. The van der Waals surface area contributed by atoms with Crippen LogP contribution in [0.15, 0.2) is 36.4 Å². The van der Waals surface area contributed by atoms with E-state index in [4.69, 9.17) is 9.47 Å². The number of benzene rings is 2. The number of methoxy groups -OCH3 is 2. The standard InChI is InChI=1S/C24H31N3O3/c1-29-22-9-6-18(14-23(22)30-2)16-26-10-12-27(13-11-26)17-24(28)25-21-8-7-19-4-3-5-20(19)15-21/h6-9,14-15H,3-5,10-13,16-17H2,1-2H3,(H,25,28)/p+2. The molecule has 1 aliphatic carbocycles. The highest BCUT2D eigenvalue weighted by molar-refractivity contribution is 5.91. The summed E-state index contributed by atoms with van der Waals surface area (Å²) in [6.07, 6.45) is 3.53. The number of piperazine rings is 1. The number of carbonyl (C=O) groups is 1. The summed E-state index contributed by atoms with van der Waals surface area (Å²) in [7, 11) is 3.33. The fourth-order valence-corrected chi connectivity index (χ4v) is 4.67. The van der Waals surface area contributed by atoms with Gasteiger partial charge in [-0.15, -0.1) is 0 Å². The Bertz CT molecular complexity index is 891. The molecule has 0 unspecified atom stereocenters. The zero-order valence-corrected chi connectivity index (χ0v) is 18.1. The van der Waals surface area contributed by atoms with Crippen LogP contribution < -0.4 is 24.6 Å². The van der Waals surface area contributed by atoms with E-state index in [-0.39, 0.29) is 5.91 Å². The predicted molar refractivity (Wildman–Crippen MR) is 117 cm³/mol. The molecule has 30 heavy (non-hydrogen) atoms. The lowest BCUT2D eigenvalue weighted by Gasteiger charge is -2.29. The SMILES string of the molecule is COc1ccc(C[NH+]2CC[NH+](CC(=O)Nc3ccc4c(c3)CCC4)CC2)cc1OC. The molecule has 1 heterocycles. The second-order valence-electron chi connectivity index (χ2n) is 8.43. The van der Waals surface area contributed by atoms with Crippen LogP contribution >= 0.6 is 0 Å². The number of anilines is 1. The third-order valence-corrected chi connectivity index (χ3v) is 6.36. The number of fused-ring (bicyclic) bond motifs is 1.